The van der Waals surface area contributed by atoms with E-state index in [1.807, 2.05) is 26.1 Å². The maximum Gasteiger partial charge on any atom is 0.126 e. The molecular weight excluding hydrogens is 201 g/mol. The molecular formula is C14H22FN. The molecule has 0 radical (unpaired) electrons. The molecule has 1 aromatic carbocycles. The van der Waals surface area contributed by atoms with E-state index in [0.29, 0.717) is 0 Å². The van der Waals surface area contributed by atoms with Gasteiger partial charge >= 0.3 is 0 Å². The van der Waals surface area contributed by atoms with Crippen LogP contribution in [0.15, 0.2) is 18.2 Å². The molecule has 1 N–H and O–H groups in total. The van der Waals surface area contributed by atoms with E-state index in [0.717, 1.165) is 24.9 Å². The SMILES string of the molecule is CNCC(C)(C)CCc1ccc(F)c(C)c1. The first-order valence-corrected chi connectivity index (χ1v) is 5.84. The smallest absolute Gasteiger partial charge is 0.126 e. The van der Waals surface area contributed by atoms with Crippen molar-refractivity contribution in [3.05, 3.63) is 35.1 Å². The Labute approximate surface area is 98.1 Å². The largest absolute Gasteiger partial charge is 0.319 e. The van der Waals surface area contributed by atoms with Crippen molar-refractivity contribution < 1.29 is 4.39 Å². The molecule has 2 heteroatoms. The molecule has 1 aromatic rings. The second kappa shape index (κ2) is 5.44. The number of halogens is 1. The summed E-state index contributed by atoms with van der Waals surface area (Å²) in [6, 6.07) is 5.40. The summed E-state index contributed by atoms with van der Waals surface area (Å²) >= 11 is 0. The van der Waals surface area contributed by atoms with Gasteiger partial charge in [0.2, 0.25) is 0 Å². The number of hydrogen-bond donors (Lipinski definition) is 1. The third-order valence-corrected chi connectivity index (χ3v) is 2.97. The van der Waals surface area contributed by atoms with Crippen LogP contribution in [0.25, 0.3) is 0 Å². The zero-order valence-corrected chi connectivity index (χ0v) is 10.7. The van der Waals surface area contributed by atoms with Gasteiger partial charge in [-0.3, -0.25) is 0 Å². The topological polar surface area (TPSA) is 12.0 Å². The molecule has 0 heterocycles. The van der Waals surface area contributed by atoms with Crippen molar-refractivity contribution in [1.82, 2.24) is 5.32 Å². The molecule has 0 aliphatic heterocycles. The molecule has 0 saturated carbocycles. The Kier molecular flexibility index (Phi) is 4.48. The third-order valence-electron chi connectivity index (χ3n) is 2.97. The highest BCUT2D eigenvalue weighted by molar-refractivity contribution is 5.24. The second-order valence-corrected chi connectivity index (χ2v) is 5.28. The summed E-state index contributed by atoms with van der Waals surface area (Å²) in [5.41, 5.74) is 2.25. The van der Waals surface area contributed by atoms with E-state index in [9.17, 15) is 4.39 Å². The average Bonchev–Trinajstić information content (AvgIpc) is 2.20. The summed E-state index contributed by atoms with van der Waals surface area (Å²) in [4.78, 5) is 0. The fourth-order valence-corrected chi connectivity index (χ4v) is 1.91. The van der Waals surface area contributed by atoms with Crippen LogP contribution in [0.2, 0.25) is 0 Å². The number of aryl methyl sites for hydroxylation is 2. The molecule has 0 aliphatic rings. The first kappa shape index (κ1) is 13.2. The zero-order chi connectivity index (χ0) is 12.2. The van der Waals surface area contributed by atoms with Gasteiger partial charge in [0.1, 0.15) is 5.82 Å². The lowest BCUT2D eigenvalue weighted by Gasteiger charge is -2.24. The molecule has 0 bridgehead atoms. The van der Waals surface area contributed by atoms with Gasteiger partial charge in [0.15, 0.2) is 0 Å². The first-order chi connectivity index (χ1) is 7.44. The van der Waals surface area contributed by atoms with Crippen molar-refractivity contribution in [3.63, 3.8) is 0 Å². The standard InChI is InChI=1S/C14H22FN/c1-11-9-12(5-6-13(11)15)7-8-14(2,3)10-16-4/h5-6,9,16H,7-8,10H2,1-4H3. The third kappa shape index (κ3) is 3.93. The molecule has 0 saturated heterocycles. The van der Waals surface area contributed by atoms with Crippen molar-refractivity contribution in [2.75, 3.05) is 13.6 Å². The summed E-state index contributed by atoms with van der Waals surface area (Å²) in [6.45, 7) is 7.32. The average molecular weight is 223 g/mol. The summed E-state index contributed by atoms with van der Waals surface area (Å²) < 4.78 is 13.1. The second-order valence-electron chi connectivity index (χ2n) is 5.28. The summed E-state index contributed by atoms with van der Waals surface area (Å²) in [7, 11) is 1.98. The van der Waals surface area contributed by atoms with Gasteiger partial charge in [-0.1, -0.05) is 26.0 Å². The van der Waals surface area contributed by atoms with Crippen LogP contribution in [0.5, 0.6) is 0 Å². The van der Waals surface area contributed by atoms with Crippen molar-refractivity contribution in [2.45, 2.75) is 33.6 Å². The Morgan fingerprint density at radius 2 is 2.00 bits per heavy atom. The Hall–Kier alpha value is -0.890. The van der Waals surface area contributed by atoms with Crippen molar-refractivity contribution in [3.8, 4) is 0 Å². The number of benzene rings is 1. The molecule has 0 aliphatic carbocycles. The molecule has 0 unspecified atom stereocenters. The van der Waals surface area contributed by atoms with Crippen molar-refractivity contribution >= 4 is 0 Å². The van der Waals surface area contributed by atoms with Crippen molar-refractivity contribution in [2.24, 2.45) is 5.41 Å². The molecule has 1 nitrogen and oxygen atoms in total. The Bertz CT molecular complexity index is 345. The van der Waals surface area contributed by atoms with Gasteiger partial charge < -0.3 is 5.32 Å². The van der Waals surface area contributed by atoms with Crippen LogP contribution < -0.4 is 5.32 Å². The maximum atomic E-state index is 13.1. The number of rotatable bonds is 5. The fraction of sp³-hybridized carbons (Fsp3) is 0.571. The van der Waals surface area contributed by atoms with Crippen LogP contribution in [-0.2, 0) is 6.42 Å². The monoisotopic (exact) mass is 223 g/mol. The predicted octanol–water partition coefficient (Wildman–Crippen LogP) is 3.31. The minimum Gasteiger partial charge on any atom is -0.319 e. The lowest BCUT2D eigenvalue weighted by molar-refractivity contribution is 0.324. The Morgan fingerprint density at radius 3 is 2.56 bits per heavy atom. The number of hydrogen-bond acceptors (Lipinski definition) is 1. The maximum absolute atomic E-state index is 13.1. The summed E-state index contributed by atoms with van der Waals surface area (Å²) in [5, 5.41) is 3.20. The molecule has 0 fully saturated rings. The van der Waals surface area contributed by atoms with Gasteiger partial charge in [-0.25, -0.2) is 4.39 Å². The molecule has 0 spiro atoms. The molecule has 90 valence electrons. The highest BCUT2D eigenvalue weighted by Crippen LogP contribution is 2.22. The minimum atomic E-state index is -0.113. The zero-order valence-electron chi connectivity index (χ0n) is 10.7. The lowest BCUT2D eigenvalue weighted by atomic mass is 9.86. The van der Waals surface area contributed by atoms with E-state index in [-0.39, 0.29) is 11.2 Å². The van der Waals surface area contributed by atoms with Crippen LogP contribution in [0.1, 0.15) is 31.4 Å². The summed E-state index contributed by atoms with van der Waals surface area (Å²) in [6.07, 6.45) is 2.12. The number of nitrogens with one attached hydrogen (secondary N) is 1. The molecule has 1 rings (SSSR count). The normalized spacial score (nSPS) is 11.8. The quantitative estimate of drug-likeness (QED) is 0.807. The van der Waals surface area contributed by atoms with Gasteiger partial charge in [-0.15, -0.1) is 0 Å². The fourth-order valence-electron chi connectivity index (χ4n) is 1.91. The van der Waals surface area contributed by atoms with Gasteiger partial charge in [-0.05, 0) is 56.0 Å². The van der Waals surface area contributed by atoms with E-state index < -0.39 is 0 Å². The lowest BCUT2D eigenvalue weighted by Crippen LogP contribution is -2.27. The van der Waals surface area contributed by atoms with E-state index in [4.69, 9.17) is 0 Å². The van der Waals surface area contributed by atoms with E-state index >= 15 is 0 Å². The Morgan fingerprint density at radius 1 is 1.31 bits per heavy atom. The van der Waals surface area contributed by atoms with Crippen LogP contribution in [0.4, 0.5) is 4.39 Å². The molecule has 0 aromatic heterocycles. The van der Waals surface area contributed by atoms with Gasteiger partial charge in [0, 0.05) is 0 Å². The first-order valence-electron chi connectivity index (χ1n) is 5.84. The van der Waals surface area contributed by atoms with Gasteiger partial charge in [0.25, 0.3) is 0 Å². The van der Waals surface area contributed by atoms with Crippen LogP contribution in [0, 0.1) is 18.2 Å². The van der Waals surface area contributed by atoms with Crippen LogP contribution in [-0.4, -0.2) is 13.6 Å². The molecule has 16 heavy (non-hydrogen) atoms. The highest BCUT2D eigenvalue weighted by Gasteiger charge is 2.16. The van der Waals surface area contributed by atoms with E-state index in [2.05, 4.69) is 19.2 Å². The van der Waals surface area contributed by atoms with Gasteiger partial charge in [-0.2, -0.15) is 0 Å². The van der Waals surface area contributed by atoms with E-state index in [1.165, 1.54) is 5.56 Å². The molecule has 0 atom stereocenters. The van der Waals surface area contributed by atoms with Crippen LogP contribution >= 0.6 is 0 Å². The van der Waals surface area contributed by atoms with Gasteiger partial charge in [0.05, 0.1) is 0 Å². The summed E-state index contributed by atoms with van der Waals surface area (Å²) in [5.74, 6) is -0.113. The van der Waals surface area contributed by atoms with Crippen LogP contribution in [0.3, 0.4) is 0 Å². The highest BCUT2D eigenvalue weighted by atomic mass is 19.1. The Balaban J connectivity index is 2.57. The van der Waals surface area contributed by atoms with Crippen molar-refractivity contribution in [1.29, 1.82) is 0 Å². The molecule has 0 amide bonds. The minimum absolute atomic E-state index is 0.113. The predicted molar refractivity (Wildman–Crippen MR) is 67.2 cm³/mol. The van der Waals surface area contributed by atoms with E-state index in [1.54, 1.807) is 6.07 Å².